The maximum Gasteiger partial charge on any atom is 0.193 e. The molecular formula is C19H32N4O2. The van der Waals surface area contributed by atoms with Crippen LogP contribution in [0.1, 0.15) is 19.8 Å². The molecule has 6 nitrogen and oxygen atoms in total. The molecule has 140 valence electrons. The van der Waals surface area contributed by atoms with Crippen LogP contribution >= 0.6 is 0 Å². The molecule has 1 aliphatic rings. The summed E-state index contributed by atoms with van der Waals surface area (Å²) in [5.41, 5.74) is 1.22. The van der Waals surface area contributed by atoms with Crippen LogP contribution in [0.2, 0.25) is 0 Å². The second kappa shape index (κ2) is 10.8. The molecule has 1 aromatic carbocycles. The van der Waals surface area contributed by atoms with Crippen molar-refractivity contribution in [2.45, 2.75) is 19.8 Å². The third kappa shape index (κ3) is 6.12. The highest BCUT2D eigenvalue weighted by atomic mass is 16.5. The van der Waals surface area contributed by atoms with E-state index in [0.717, 1.165) is 70.5 Å². The number of aliphatic imine (C=N–C) groups is 1. The molecule has 0 bridgehead atoms. The van der Waals surface area contributed by atoms with Crippen molar-refractivity contribution in [2.75, 3.05) is 65.0 Å². The Balaban J connectivity index is 1.75. The fourth-order valence-corrected chi connectivity index (χ4v) is 2.99. The standard InChI is InChI=1S/C19H32N4O2/c1-4-25-15-6-5-10-21-19(20-2)23-13-11-22(12-14-23)17-8-7-9-18(16-17)24-3/h7-9,16H,4-6,10-15H2,1-3H3,(H,20,21). The van der Waals surface area contributed by atoms with E-state index >= 15 is 0 Å². The number of nitrogens with one attached hydrogen (secondary N) is 1. The molecule has 1 saturated heterocycles. The fraction of sp³-hybridized carbons (Fsp3) is 0.632. The van der Waals surface area contributed by atoms with Gasteiger partial charge in [-0.05, 0) is 31.9 Å². The van der Waals surface area contributed by atoms with Crippen molar-refractivity contribution in [1.29, 1.82) is 0 Å². The number of rotatable bonds is 8. The van der Waals surface area contributed by atoms with E-state index in [2.05, 4.69) is 32.2 Å². The summed E-state index contributed by atoms with van der Waals surface area (Å²) in [6, 6.07) is 8.27. The van der Waals surface area contributed by atoms with Crippen LogP contribution in [-0.2, 0) is 4.74 Å². The summed E-state index contributed by atoms with van der Waals surface area (Å²) in [5.74, 6) is 1.91. The smallest absolute Gasteiger partial charge is 0.193 e. The van der Waals surface area contributed by atoms with Crippen molar-refractivity contribution in [3.63, 3.8) is 0 Å². The Morgan fingerprint density at radius 2 is 2.00 bits per heavy atom. The molecule has 0 aromatic heterocycles. The van der Waals surface area contributed by atoms with Crippen LogP contribution < -0.4 is 15.0 Å². The number of ether oxygens (including phenoxy) is 2. The molecule has 6 heteroatoms. The second-order valence-corrected chi connectivity index (χ2v) is 6.05. The van der Waals surface area contributed by atoms with Gasteiger partial charge in [0, 0.05) is 64.7 Å². The maximum atomic E-state index is 5.37. The summed E-state index contributed by atoms with van der Waals surface area (Å²) in [4.78, 5) is 9.16. The quantitative estimate of drug-likeness (QED) is 0.443. The van der Waals surface area contributed by atoms with Gasteiger partial charge in [0.2, 0.25) is 0 Å². The van der Waals surface area contributed by atoms with Gasteiger partial charge in [-0.2, -0.15) is 0 Å². The van der Waals surface area contributed by atoms with Crippen LogP contribution in [-0.4, -0.2) is 71.0 Å². The number of unbranched alkanes of at least 4 members (excludes halogenated alkanes) is 1. The normalized spacial score (nSPS) is 15.4. The van der Waals surface area contributed by atoms with Crippen molar-refractivity contribution in [3.05, 3.63) is 24.3 Å². The lowest BCUT2D eigenvalue weighted by Crippen LogP contribution is -2.52. The van der Waals surface area contributed by atoms with Crippen molar-refractivity contribution >= 4 is 11.6 Å². The molecule has 0 unspecified atom stereocenters. The van der Waals surface area contributed by atoms with Crippen LogP contribution in [0.5, 0.6) is 5.75 Å². The van der Waals surface area contributed by atoms with Gasteiger partial charge < -0.3 is 24.6 Å². The first-order valence-corrected chi connectivity index (χ1v) is 9.20. The second-order valence-electron chi connectivity index (χ2n) is 6.05. The number of nitrogens with zero attached hydrogens (tertiary/aromatic N) is 3. The Kier molecular flexibility index (Phi) is 8.39. The lowest BCUT2D eigenvalue weighted by atomic mass is 10.2. The Morgan fingerprint density at radius 1 is 1.20 bits per heavy atom. The molecule has 0 spiro atoms. The zero-order valence-corrected chi connectivity index (χ0v) is 15.8. The van der Waals surface area contributed by atoms with Gasteiger partial charge >= 0.3 is 0 Å². The van der Waals surface area contributed by atoms with E-state index in [9.17, 15) is 0 Å². The average Bonchev–Trinajstić information content (AvgIpc) is 2.68. The third-order valence-electron chi connectivity index (χ3n) is 4.41. The number of methoxy groups -OCH3 is 1. The minimum atomic E-state index is 0.798. The van der Waals surface area contributed by atoms with Gasteiger partial charge in [-0.15, -0.1) is 0 Å². The zero-order chi connectivity index (χ0) is 17.9. The first-order chi connectivity index (χ1) is 12.3. The van der Waals surface area contributed by atoms with Gasteiger partial charge in [0.1, 0.15) is 5.75 Å². The molecule has 0 saturated carbocycles. The van der Waals surface area contributed by atoms with E-state index in [1.54, 1.807) is 7.11 Å². The van der Waals surface area contributed by atoms with Gasteiger partial charge in [-0.3, -0.25) is 4.99 Å². The molecule has 0 atom stereocenters. The average molecular weight is 348 g/mol. The molecule has 1 heterocycles. The van der Waals surface area contributed by atoms with Gasteiger partial charge in [-0.1, -0.05) is 6.07 Å². The van der Waals surface area contributed by atoms with Crippen molar-refractivity contribution in [2.24, 2.45) is 4.99 Å². The van der Waals surface area contributed by atoms with E-state index in [-0.39, 0.29) is 0 Å². The maximum absolute atomic E-state index is 5.37. The van der Waals surface area contributed by atoms with Crippen molar-refractivity contribution in [3.8, 4) is 5.75 Å². The number of hydrogen-bond acceptors (Lipinski definition) is 4. The first-order valence-electron chi connectivity index (χ1n) is 9.20. The molecular weight excluding hydrogens is 316 g/mol. The SMILES string of the molecule is CCOCCCCNC(=NC)N1CCN(c2cccc(OC)c2)CC1. The van der Waals surface area contributed by atoms with Crippen molar-refractivity contribution in [1.82, 2.24) is 10.2 Å². The minimum absolute atomic E-state index is 0.798. The number of piperazine rings is 1. The highest BCUT2D eigenvalue weighted by Crippen LogP contribution is 2.22. The first kappa shape index (κ1) is 19.4. The third-order valence-corrected chi connectivity index (χ3v) is 4.41. The Bertz CT molecular complexity index is 528. The van der Waals surface area contributed by atoms with Gasteiger partial charge in [0.25, 0.3) is 0 Å². The van der Waals surface area contributed by atoms with E-state index in [1.165, 1.54) is 5.69 Å². The molecule has 0 amide bonds. The van der Waals surface area contributed by atoms with E-state index in [4.69, 9.17) is 9.47 Å². The molecule has 2 rings (SSSR count). The summed E-state index contributed by atoms with van der Waals surface area (Å²) in [5, 5.41) is 3.47. The van der Waals surface area contributed by atoms with E-state index < -0.39 is 0 Å². The molecule has 1 aromatic rings. The van der Waals surface area contributed by atoms with Crippen LogP contribution in [0, 0.1) is 0 Å². The highest BCUT2D eigenvalue weighted by Gasteiger charge is 2.19. The molecule has 25 heavy (non-hydrogen) atoms. The predicted octanol–water partition coefficient (Wildman–Crippen LogP) is 2.21. The number of hydrogen-bond donors (Lipinski definition) is 1. The van der Waals surface area contributed by atoms with Gasteiger partial charge in [0.05, 0.1) is 7.11 Å². The fourth-order valence-electron chi connectivity index (χ4n) is 2.99. The predicted molar refractivity (Wildman–Crippen MR) is 104 cm³/mol. The zero-order valence-electron chi connectivity index (χ0n) is 15.8. The van der Waals surface area contributed by atoms with Crippen LogP contribution in [0.25, 0.3) is 0 Å². The van der Waals surface area contributed by atoms with Crippen LogP contribution in [0.3, 0.4) is 0 Å². The summed E-state index contributed by atoms with van der Waals surface area (Å²) in [7, 11) is 3.57. The van der Waals surface area contributed by atoms with Gasteiger partial charge in [-0.25, -0.2) is 0 Å². The molecule has 1 N–H and O–H groups in total. The number of benzene rings is 1. The molecule has 0 radical (unpaired) electrons. The Hall–Kier alpha value is -1.95. The Labute approximate surface area is 151 Å². The van der Waals surface area contributed by atoms with Crippen LogP contribution in [0.4, 0.5) is 5.69 Å². The minimum Gasteiger partial charge on any atom is -0.497 e. The summed E-state index contributed by atoms with van der Waals surface area (Å²) in [6.45, 7) is 8.52. The van der Waals surface area contributed by atoms with Crippen molar-refractivity contribution < 1.29 is 9.47 Å². The topological polar surface area (TPSA) is 49.3 Å². The summed E-state index contributed by atoms with van der Waals surface area (Å²) < 4.78 is 10.7. The Morgan fingerprint density at radius 3 is 2.68 bits per heavy atom. The molecule has 1 aliphatic heterocycles. The highest BCUT2D eigenvalue weighted by molar-refractivity contribution is 5.80. The summed E-state index contributed by atoms with van der Waals surface area (Å²) in [6.07, 6.45) is 2.18. The van der Waals surface area contributed by atoms with Crippen LogP contribution in [0.15, 0.2) is 29.3 Å². The lowest BCUT2D eigenvalue weighted by Gasteiger charge is -2.37. The largest absolute Gasteiger partial charge is 0.497 e. The number of anilines is 1. The monoisotopic (exact) mass is 348 g/mol. The molecule has 0 aliphatic carbocycles. The van der Waals surface area contributed by atoms with E-state index in [1.807, 2.05) is 26.1 Å². The summed E-state index contributed by atoms with van der Waals surface area (Å²) >= 11 is 0. The van der Waals surface area contributed by atoms with E-state index in [0.29, 0.717) is 0 Å². The van der Waals surface area contributed by atoms with Gasteiger partial charge in [0.15, 0.2) is 5.96 Å². The molecule has 1 fully saturated rings. The number of guanidine groups is 1. The lowest BCUT2D eigenvalue weighted by molar-refractivity contribution is 0.143.